The molecule has 0 fully saturated rings. The second-order valence-corrected chi connectivity index (χ2v) is 5.31. The van der Waals surface area contributed by atoms with Gasteiger partial charge >= 0.3 is 5.97 Å². The molecule has 9 heteroatoms. The Balaban J connectivity index is 0.00000225. The number of benzene rings is 1. The van der Waals surface area contributed by atoms with Crippen LogP contribution in [0.3, 0.4) is 0 Å². The number of methoxy groups -OCH3 is 2. The molecule has 0 radical (unpaired) electrons. The number of nitrogens with one attached hydrogen (secondary N) is 3. The van der Waals surface area contributed by atoms with Gasteiger partial charge in [-0.3, -0.25) is 9.89 Å². The van der Waals surface area contributed by atoms with E-state index in [9.17, 15) is 9.59 Å². The fourth-order valence-electron chi connectivity index (χ4n) is 2.63. The Morgan fingerprint density at radius 3 is 2.80 bits per heavy atom. The van der Waals surface area contributed by atoms with E-state index in [4.69, 9.17) is 9.47 Å². The van der Waals surface area contributed by atoms with Gasteiger partial charge in [0.1, 0.15) is 5.75 Å². The quantitative estimate of drug-likeness (QED) is 0.708. The van der Waals surface area contributed by atoms with Crippen molar-refractivity contribution in [1.82, 2.24) is 15.5 Å². The number of nitrogens with zero attached hydrogens (tertiary/aromatic N) is 1. The summed E-state index contributed by atoms with van der Waals surface area (Å²) >= 11 is 0. The predicted molar refractivity (Wildman–Crippen MR) is 93.5 cm³/mol. The lowest BCUT2D eigenvalue weighted by Gasteiger charge is -2.14. The zero-order valence-corrected chi connectivity index (χ0v) is 14.7. The minimum Gasteiger partial charge on any atom is -0.497 e. The molecule has 134 valence electrons. The van der Waals surface area contributed by atoms with Crippen LogP contribution in [-0.4, -0.2) is 42.8 Å². The van der Waals surface area contributed by atoms with Crippen molar-refractivity contribution in [3.63, 3.8) is 0 Å². The average Bonchev–Trinajstić information content (AvgIpc) is 3.05. The third-order valence-corrected chi connectivity index (χ3v) is 3.90. The molecule has 0 spiro atoms. The smallest absolute Gasteiger partial charge is 0.340 e. The first kappa shape index (κ1) is 18.8. The number of esters is 1. The summed E-state index contributed by atoms with van der Waals surface area (Å²) in [7, 11) is 2.78. The Morgan fingerprint density at radius 2 is 2.08 bits per heavy atom. The van der Waals surface area contributed by atoms with E-state index >= 15 is 0 Å². The fourth-order valence-corrected chi connectivity index (χ4v) is 2.63. The highest BCUT2D eigenvalue weighted by atomic mass is 35.5. The van der Waals surface area contributed by atoms with Crippen molar-refractivity contribution in [3.05, 3.63) is 40.7 Å². The molecule has 1 aliphatic heterocycles. The van der Waals surface area contributed by atoms with Crippen LogP contribution in [0.2, 0.25) is 0 Å². The molecule has 2 aromatic rings. The van der Waals surface area contributed by atoms with E-state index < -0.39 is 5.97 Å². The standard InChI is InChI=1S/C16H18N4O4.ClH/c1-23-9-3-4-12(10(7-9)16(22)24-2)18-15(21)14-11-8-17-6-5-13(11)19-20-14;/h3-4,7,17H,5-6,8H2,1-2H3,(H,18,21)(H,19,20);1H. The summed E-state index contributed by atoms with van der Waals surface area (Å²) in [6.07, 6.45) is 0.797. The van der Waals surface area contributed by atoms with Crippen molar-refractivity contribution >= 4 is 30.0 Å². The lowest BCUT2D eigenvalue weighted by Crippen LogP contribution is -2.25. The Kier molecular flexibility index (Phi) is 6.00. The molecule has 0 saturated carbocycles. The van der Waals surface area contributed by atoms with E-state index in [0.29, 0.717) is 23.7 Å². The van der Waals surface area contributed by atoms with Gasteiger partial charge in [0.2, 0.25) is 0 Å². The van der Waals surface area contributed by atoms with Crippen molar-refractivity contribution in [2.45, 2.75) is 13.0 Å². The summed E-state index contributed by atoms with van der Waals surface area (Å²) in [4.78, 5) is 24.5. The SMILES string of the molecule is COC(=O)c1cc(OC)ccc1NC(=O)c1n[nH]c2c1CNCC2.Cl. The molecule has 8 nitrogen and oxygen atoms in total. The number of hydrogen-bond donors (Lipinski definition) is 3. The van der Waals surface area contributed by atoms with Gasteiger partial charge < -0.3 is 20.1 Å². The monoisotopic (exact) mass is 366 g/mol. The number of anilines is 1. The van der Waals surface area contributed by atoms with Gasteiger partial charge in [-0.1, -0.05) is 0 Å². The van der Waals surface area contributed by atoms with E-state index in [-0.39, 0.29) is 23.9 Å². The number of halogens is 1. The van der Waals surface area contributed by atoms with Gasteiger partial charge in [0.25, 0.3) is 5.91 Å². The number of aromatic nitrogens is 2. The minimum absolute atomic E-state index is 0. The van der Waals surface area contributed by atoms with E-state index in [1.165, 1.54) is 20.3 Å². The molecule has 0 bridgehead atoms. The summed E-state index contributed by atoms with van der Waals surface area (Å²) < 4.78 is 9.87. The molecule has 1 aliphatic rings. The number of hydrogen-bond acceptors (Lipinski definition) is 6. The van der Waals surface area contributed by atoms with Crippen LogP contribution in [0.25, 0.3) is 0 Å². The summed E-state index contributed by atoms with van der Waals surface area (Å²) in [6, 6.07) is 4.77. The first-order valence-electron chi connectivity index (χ1n) is 7.48. The summed E-state index contributed by atoms with van der Waals surface area (Å²) in [5.41, 5.74) is 2.69. The number of ether oxygens (including phenoxy) is 2. The molecule has 0 saturated heterocycles. The predicted octanol–water partition coefficient (Wildman–Crippen LogP) is 1.52. The molecule has 3 rings (SSSR count). The maximum Gasteiger partial charge on any atom is 0.340 e. The normalized spacial score (nSPS) is 12.6. The molecular weight excluding hydrogens is 348 g/mol. The molecule has 0 atom stereocenters. The molecule has 0 aliphatic carbocycles. The van der Waals surface area contributed by atoms with Gasteiger partial charge in [-0.05, 0) is 18.2 Å². The van der Waals surface area contributed by atoms with Crippen LogP contribution in [0.1, 0.15) is 32.1 Å². The van der Waals surface area contributed by atoms with Crippen LogP contribution >= 0.6 is 12.4 Å². The highest BCUT2D eigenvalue weighted by molar-refractivity contribution is 6.08. The molecule has 2 heterocycles. The van der Waals surface area contributed by atoms with Gasteiger partial charge in [0.15, 0.2) is 5.69 Å². The third kappa shape index (κ3) is 3.75. The first-order valence-corrected chi connectivity index (χ1v) is 7.48. The Morgan fingerprint density at radius 1 is 1.28 bits per heavy atom. The molecule has 1 aromatic carbocycles. The fraction of sp³-hybridized carbons (Fsp3) is 0.312. The average molecular weight is 367 g/mol. The second kappa shape index (κ2) is 8.00. The second-order valence-electron chi connectivity index (χ2n) is 5.31. The summed E-state index contributed by atoms with van der Waals surface area (Å²) in [6.45, 7) is 1.43. The van der Waals surface area contributed by atoms with Crippen molar-refractivity contribution < 1.29 is 19.1 Å². The van der Waals surface area contributed by atoms with Crippen molar-refractivity contribution in [1.29, 1.82) is 0 Å². The number of amides is 1. The minimum atomic E-state index is -0.560. The summed E-state index contributed by atoms with van der Waals surface area (Å²) in [5, 5.41) is 12.9. The largest absolute Gasteiger partial charge is 0.497 e. The lowest BCUT2D eigenvalue weighted by atomic mass is 10.1. The Labute approximate surface area is 150 Å². The van der Waals surface area contributed by atoms with E-state index in [0.717, 1.165) is 24.2 Å². The highest BCUT2D eigenvalue weighted by Crippen LogP contribution is 2.24. The van der Waals surface area contributed by atoms with Crippen LogP contribution in [0.5, 0.6) is 5.75 Å². The number of carbonyl (C=O) groups excluding carboxylic acids is 2. The van der Waals surface area contributed by atoms with Gasteiger partial charge in [-0.15, -0.1) is 12.4 Å². The zero-order valence-electron chi connectivity index (χ0n) is 13.8. The van der Waals surface area contributed by atoms with Crippen LogP contribution in [-0.2, 0) is 17.7 Å². The van der Waals surface area contributed by atoms with Crippen molar-refractivity contribution in [2.75, 3.05) is 26.1 Å². The van der Waals surface area contributed by atoms with Crippen molar-refractivity contribution in [3.8, 4) is 5.75 Å². The molecule has 3 N–H and O–H groups in total. The maximum absolute atomic E-state index is 12.6. The van der Waals surface area contributed by atoms with E-state index in [1.54, 1.807) is 12.1 Å². The van der Waals surface area contributed by atoms with Gasteiger partial charge in [-0.2, -0.15) is 5.10 Å². The van der Waals surface area contributed by atoms with Crippen LogP contribution in [0, 0.1) is 0 Å². The summed E-state index contributed by atoms with van der Waals surface area (Å²) in [5.74, 6) is -0.448. The number of carbonyl (C=O) groups is 2. The molecule has 0 unspecified atom stereocenters. The van der Waals surface area contributed by atoms with Crippen LogP contribution in [0.4, 0.5) is 5.69 Å². The third-order valence-electron chi connectivity index (χ3n) is 3.90. The Bertz CT molecular complexity index is 790. The van der Waals surface area contributed by atoms with Gasteiger partial charge in [0, 0.05) is 30.8 Å². The zero-order chi connectivity index (χ0) is 17.1. The number of rotatable bonds is 4. The van der Waals surface area contributed by atoms with Crippen molar-refractivity contribution in [2.24, 2.45) is 0 Å². The highest BCUT2D eigenvalue weighted by Gasteiger charge is 2.23. The first-order chi connectivity index (χ1) is 11.6. The number of fused-ring (bicyclic) bond motifs is 1. The van der Waals surface area contributed by atoms with Gasteiger partial charge in [0.05, 0.1) is 25.5 Å². The molecule has 25 heavy (non-hydrogen) atoms. The van der Waals surface area contributed by atoms with Crippen LogP contribution < -0.4 is 15.4 Å². The van der Waals surface area contributed by atoms with E-state index in [2.05, 4.69) is 20.8 Å². The molecular formula is C16H19ClN4O4. The lowest BCUT2D eigenvalue weighted by molar-refractivity contribution is 0.0601. The van der Waals surface area contributed by atoms with Gasteiger partial charge in [-0.25, -0.2) is 4.79 Å². The maximum atomic E-state index is 12.6. The Hall–Kier alpha value is -2.58. The topological polar surface area (TPSA) is 105 Å². The van der Waals surface area contributed by atoms with E-state index in [1.807, 2.05) is 0 Å². The molecule has 1 aromatic heterocycles. The molecule has 1 amide bonds. The number of aromatic amines is 1. The number of H-pyrrole nitrogens is 1. The van der Waals surface area contributed by atoms with Crippen LogP contribution in [0.15, 0.2) is 18.2 Å².